The van der Waals surface area contributed by atoms with Crippen molar-refractivity contribution in [2.75, 3.05) is 20.8 Å². The van der Waals surface area contributed by atoms with Crippen molar-refractivity contribution >= 4 is 35.5 Å². The van der Waals surface area contributed by atoms with Crippen molar-refractivity contribution in [3.8, 4) is 0 Å². The lowest BCUT2D eigenvalue weighted by Crippen LogP contribution is -2.45. The van der Waals surface area contributed by atoms with E-state index in [9.17, 15) is 14.5 Å². The zero-order valence-corrected chi connectivity index (χ0v) is 18.6. The molecule has 0 radical (unpaired) electrons. The number of fused-ring (bicyclic) bond motifs is 3. The van der Waals surface area contributed by atoms with E-state index in [1.54, 1.807) is 0 Å². The van der Waals surface area contributed by atoms with Gasteiger partial charge in [0.1, 0.15) is 23.0 Å². The first-order chi connectivity index (χ1) is 14.9. The molecule has 0 aliphatic rings. The normalized spacial score (nSPS) is 14.2. The van der Waals surface area contributed by atoms with Crippen LogP contribution in [0.3, 0.4) is 0 Å². The Labute approximate surface area is 181 Å². The molecule has 0 aliphatic carbocycles. The molecule has 0 fully saturated rings. The lowest BCUT2D eigenvalue weighted by molar-refractivity contribution is -0.139. The quantitative estimate of drug-likeness (QED) is 0.279. The van der Waals surface area contributed by atoms with Crippen molar-refractivity contribution in [1.82, 2.24) is 5.32 Å². The average Bonchev–Trinajstić information content (AvgIpc) is 3.15. The second kappa shape index (κ2) is 10.4. The van der Waals surface area contributed by atoms with Gasteiger partial charge in [0, 0.05) is 25.0 Å². The highest BCUT2D eigenvalue weighted by Crippen LogP contribution is 2.52. The summed E-state index contributed by atoms with van der Waals surface area (Å²) in [6.07, 6.45) is 2.00. The summed E-state index contributed by atoms with van der Waals surface area (Å²) in [5.74, 6) is -1.81. The Morgan fingerprint density at radius 1 is 1.13 bits per heavy atom. The minimum Gasteiger partial charge on any atom is -0.480 e. The van der Waals surface area contributed by atoms with Crippen molar-refractivity contribution < 1.29 is 27.9 Å². The van der Waals surface area contributed by atoms with Gasteiger partial charge in [-0.1, -0.05) is 30.3 Å². The minimum atomic E-state index is -3.52. The van der Waals surface area contributed by atoms with Gasteiger partial charge in [-0.25, -0.2) is 0 Å². The van der Waals surface area contributed by atoms with Crippen molar-refractivity contribution in [3.05, 3.63) is 48.0 Å². The Hall–Kier alpha value is -2.22. The zero-order valence-electron chi connectivity index (χ0n) is 17.7. The molecule has 9 heteroatoms. The van der Waals surface area contributed by atoms with Crippen LogP contribution in [-0.4, -0.2) is 43.7 Å². The molecular formula is C22H29N2O6P. The van der Waals surface area contributed by atoms with Crippen LogP contribution in [-0.2, 0) is 24.8 Å². The molecule has 0 spiro atoms. The maximum Gasteiger partial charge on any atom is 0.346 e. The Kier molecular flexibility index (Phi) is 7.86. The summed E-state index contributed by atoms with van der Waals surface area (Å²) >= 11 is 0. The highest BCUT2D eigenvalue weighted by molar-refractivity contribution is 7.54. The van der Waals surface area contributed by atoms with Crippen LogP contribution >= 0.6 is 7.60 Å². The number of carboxylic acids is 1. The van der Waals surface area contributed by atoms with E-state index in [0.29, 0.717) is 25.0 Å². The van der Waals surface area contributed by atoms with Crippen molar-refractivity contribution in [3.63, 3.8) is 0 Å². The number of furan rings is 1. The Balaban J connectivity index is 1.84. The first-order valence-corrected chi connectivity index (χ1v) is 11.8. The fourth-order valence-electron chi connectivity index (χ4n) is 3.73. The molecule has 1 heterocycles. The largest absolute Gasteiger partial charge is 0.480 e. The van der Waals surface area contributed by atoms with Crippen molar-refractivity contribution in [1.29, 1.82) is 0 Å². The molecule has 0 unspecified atom stereocenters. The molecule has 0 bridgehead atoms. The number of carboxylic acid groups (broad SMARTS) is 1. The molecular weight excluding hydrogens is 419 g/mol. The zero-order chi connectivity index (χ0) is 22.4. The number of aliphatic carboxylic acids is 1. The third-order valence-corrected chi connectivity index (χ3v) is 7.59. The van der Waals surface area contributed by atoms with E-state index in [1.807, 2.05) is 42.5 Å². The Bertz CT molecular complexity index is 1070. The van der Waals surface area contributed by atoms with Crippen LogP contribution in [0, 0.1) is 0 Å². The van der Waals surface area contributed by atoms with Crippen molar-refractivity contribution in [2.45, 2.75) is 37.5 Å². The van der Waals surface area contributed by atoms with Gasteiger partial charge in [-0.2, -0.15) is 0 Å². The summed E-state index contributed by atoms with van der Waals surface area (Å²) in [7, 11) is -0.925. The first kappa shape index (κ1) is 23.4. The summed E-state index contributed by atoms with van der Waals surface area (Å²) in [6.45, 7) is 0.497. The lowest BCUT2D eigenvalue weighted by Gasteiger charge is -2.28. The van der Waals surface area contributed by atoms with Crippen LogP contribution < -0.4 is 11.1 Å². The number of nitrogens with one attached hydrogen (secondary N) is 1. The lowest BCUT2D eigenvalue weighted by atomic mass is 10.0. The summed E-state index contributed by atoms with van der Waals surface area (Å²) in [5, 5.41) is 14.8. The van der Waals surface area contributed by atoms with E-state index in [-0.39, 0.29) is 6.42 Å². The van der Waals surface area contributed by atoms with E-state index in [4.69, 9.17) is 19.2 Å². The number of hydrogen-bond acceptors (Lipinski definition) is 7. The van der Waals surface area contributed by atoms with Gasteiger partial charge in [0.2, 0.25) is 0 Å². The van der Waals surface area contributed by atoms with E-state index in [0.717, 1.165) is 28.3 Å². The summed E-state index contributed by atoms with van der Waals surface area (Å²) in [6, 6.07) is 12.4. The van der Waals surface area contributed by atoms with Crippen LogP contribution in [0.1, 0.15) is 24.8 Å². The molecule has 8 nitrogen and oxygen atoms in total. The molecule has 0 saturated heterocycles. The molecule has 0 aliphatic heterocycles. The minimum absolute atomic E-state index is 0.184. The highest BCUT2D eigenvalue weighted by atomic mass is 31.2. The number of nitrogens with two attached hydrogens (primary N) is 1. The van der Waals surface area contributed by atoms with Crippen molar-refractivity contribution in [2.24, 2.45) is 5.73 Å². The van der Waals surface area contributed by atoms with Gasteiger partial charge in [0.05, 0.1) is 0 Å². The maximum absolute atomic E-state index is 13.0. The molecule has 2 aromatic carbocycles. The molecule has 3 aromatic rings. The van der Waals surface area contributed by atoms with Gasteiger partial charge in [0.15, 0.2) is 0 Å². The molecule has 2 atom stereocenters. The van der Waals surface area contributed by atoms with Crippen LogP contribution in [0.4, 0.5) is 0 Å². The molecule has 0 saturated carbocycles. The Morgan fingerprint density at radius 2 is 1.84 bits per heavy atom. The number of carbonyl (C=O) groups is 1. The van der Waals surface area contributed by atoms with Crippen LogP contribution in [0.5, 0.6) is 0 Å². The van der Waals surface area contributed by atoms with E-state index in [2.05, 4.69) is 5.32 Å². The van der Waals surface area contributed by atoms with Gasteiger partial charge in [-0.15, -0.1) is 0 Å². The van der Waals surface area contributed by atoms with Gasteiger partial charge >= 0.3 is 13.6 Å². The summed E-state index contributed by atoms with van der Waals surface area (Å²) < 4.78 is 29.2. The fourth-order valence-corrected chi connectivity index (χ4v) is 5.25. The van der Waals surface area contributed by atoms with E-state index < -0.39 is 25.4 Å². The predicted molar refractivity (Wildman–Crippen MR) is 120 cm³/mol. The summed E-state index contributed by atoms with van der Waals surface area (Å²) in [4.78, 5) is 12.0. The molecule has 168 valence electrons. The standard InChI is InChI=1S/C22H29N2O6P/c1-28-31(27,29-2)21(9-5-6-12-23)24-18(22(25)26)13-15-10-11-17-16-7-3-4-8-19(16)30-20(17)14-15/h3-4,7-8,10-11,14,18,21,24H,5-6,9,12-13,23H2,1-2H3,(H,25,26)/t18-,21+/m0/s1. The van der Waals surface area contributed by atoms with Gasteiger partial charge in [-0.05, 0) is 49.9 Å². The predicted octanol–water partition coefficient (Wildman–Crippen LogP) is 4.11. The van der Waals surface area contributed by atoms with Crippen LogP contribution in [0.15, 0.2) is 46.9 Å². The SMILES string of the molecule is COP(=O)(OC)[C@H](CCCCN)N[C@@H](Cc1ccc2c(c1)oc1ccccc12)C(=O)O. The third-order valence-electron chi connectivity index (χ3n) is 5.40. The van der Waals surface area contributed by atoms with Gasteiger partial charge in [0.25, 0.3) is 0 Å². The molecule has 31 heavy (non-hydrogen) atoms. The van der Waals surface area contributed by atoms with Gasteiger partial charge in [-0.3, -0.25) is 14.7 Å². The van der Waals surface area contributed by atoms with E-state index >= 15 is 0 Å². The highest BCUT2D eigenvalue weighted by Gasteiger charge is 2.36. The fraction of sp³-hybridized carbons (Fsp3) is 0.409. The number of unbranched alkanes of at least 4 members (excludes halogenated alkanes) is 1. The van der Waals surface area contributed by atoms with Crippen LogP contribution in [0.25, 0.3) is 21.9 Å². The number of benzene rings is 2. The number of rotatable bonds is 12. The topological polar surface area (TPSA) is 124 Å². The van der Waals surface area contributed by atoms with Crippen LogP contribution in [0.2, 0.25) is 0 Å². The second-order valence-electron chi connectivity index (χ2n) is 7.40. The molecule has 1 aromatic heterocycles. The first-order valence-electron chi connectivity index (χ1n) is 10.2. The monoisotopic (exact) mass is 448 g/mol. The molecule has 4 N–H and O–H groups in total. The Morgan fingerprint density at radius 3 is 2.52 bits per heavy atom. The maximum atomic E-state index is 13.0. The smallest absolute Gasteiger partial charge is 0.346 e. The number of hydrogen-bond donors (Lipinski definition) is 3. The number of para-hydroxylation sites is 1. The molecule has 3 rings (SSSR count). The third kappa shape index (κ3) is 5.34. The van der Waals surface area contributed by atoms with Gasteiger partial charge < -0.3 is 24.3 Å². The molecule has 0 amide bonds. The van der Waals surface area contributed by atoms with E-state index in [1.165, 1.54) is 14.2 Å². The summed E-state index contributed by atoms with van der Waals surface area (Å²) in [5.41, 5.74) is 7.82. The second-order valence-corrected chi connectivity index (χ2v) is 9.83. The average molecular weight is 448 g/mol.